The van der Waals surface area contributed by atoms with E-state index < -0.39 is 5.91 Å². The van der Waals surface area contributed by atoms with E-state index in [2.05, 4.69) is 10.9 Å². The molecule has 0 radical (unpaired) electrons. The summed E-state index contributed by atoms with van der Waals surface area (Å²) in [6.07, 6.45) is 0.318. The summed E-state index contributed by atoms with van der Waals surface area (Å²) >= 11 is 0. The van der Waals surface area contributed by atoms with E-state index in [1.54, 1.807) is 6.92 Å². The fourth-order valence-electron chi connectivity index (χ4n) is 1.43. The number of aryl methyl sites for hydroxylation is 2. The van der Waals surface area contributed by atoms with Gasteiger partial charge in [-0.15, -0.1) is 0 Å². The van der Waals surface area contributed by atoms with Crippen molar-refractivity contribution in [2.45, 2.75) is 27.2 Å². The van der Waals surface area contributed by atoms with Gasteiger partial charge < -0.3 is 4.74 Å². The first-order valence-electron chi connectivity index (χ1n) is 5.80. The van der Waals surface area contributed by atoms with Crippen LogP contribution in [0, 0.1) is 13.8 Å². The second kappa shape index (κ2) is 6.64. The Balaban J connectivity index is 2.40. The van der Waals surface area contributed by atoms with Crippen molar-refractivity contribution in [3.05, 3.63) is 29.3 Å². The van der Waals surface area contributed by atoms with Crippen molar-refractivity contribution in [2.24, 2.45) is 0 Å². The summed E-state index contributed by atoms with van der Waals surface area (Å²) in [5.41, 5.74) is 6.69. The quantitative estimate of drug-likeness (QED) is 0.790. The number of benzene rings is 1. The minimum absolute atomic E-state index is 0.132. The molecule has 98 valence electrons. The SMILES string of the molecule is CCC(=O)NNC(=O)COc1cc(C)cc(C)c1. The minimum atomic E-state index is -0.393. The third-order valence-corrected chi connectivity index (χ3v) is 2.23. The van der Waals surface area contributed by atoms with Gasteiger partial charge in [0.15, 0.2) is 6.61 Å². The highest BCUT2D eigenvalue weighted by atomic mass is 16.5. The zero-order valence-corrected chi connectivity index (χ0v) is 10.9. The van der Waals surface area contributed by atoms with E-state index in [0.717, 1.165) is 11.1 Å². The number of ether oxygens (including phenoxy) is 1. The van der Waals surface area contributed by atoms with Crippen molar-refractivity contribution < 1.29 is 14.3 Å². The molecule has 5 heteroatoms. The zero-order chi connectivity index (χ0) is 13.5. The molecule has 0 spiro atoms. The highest BCUT2D eigenvalue weighted by molar-refractivity contribution is 5.82. The normalized spacial score (nSPS) is 9.72. The van der Waals surface area contributed by atoms with Gasteiger partial charge in [0.1, 0.15) is 5.75 Å². The summed E-state index contributed by atoms with van der Waals surface area (Å²) in [6.45, 7) is 5.49. The highest BCUT2D eigenvalue weighted by Gasteiger charge is 2.04. The second-order valence-electron chi connectivity index (χ2n) is 4.06. The zero-order valence-electron chi connectivity index (χ0n) is 10.9. The Morgan fingerprint density at radius 2 is 1.61 bits per heavy atom. The number of carbonyl (C=O) groups excluding carboxylic acids is 2. The van der Waals surface area contributed by atoms with Crippen molar-refractivity contribution in [1.82, 2.24) is 10.9 Å². The average molecular weight is 250 g/mol. The van der Waals surface area contributed by atoms with Crippen molar-refractivity contribution in [2.75, 3.05) is 6.61 Å². The Bertz CT molecular complexity index is 424. The van der Waals surface area contributed by atoms with Gasteiger partial charge >= 0.3 is 0 Å². The van der Waals surface area contributed by atoms with Gasteiger partial charge in [0.05, 0.1) is 0 Å². The first kappa shape index (κ1) is 14.0. The Labute approximate surface area is 106 Å². The van der Waals surface area contributed by atoms with Crippen LogP contribution in [-0.2, 0) is 9.59 Å². The number of hydrazine groups is 1. The Hall–Kier alpha value is -2.04. The molecule has 0 aromatic heterocycles. The number of nitrogens with one attached hydrogen (secondary N) is 2. The standard InChI is InChI=1S/C13H18N2O3/c1-4-12(16)14-15-13(17)8-18-11-6-9(2)5-10(3)7-11/h5-7H,4,8H2,1-3H3,(H,14,16)(H,15,17). The molecule has 0 unspecified atom stereocenters. The molecule has 0 fully saturated rings. The van der Waals surface area contributed by atoms with E-state index in [4.69, 9.17) is 4.74 Å². The number of rotatable bonds is 4. The highest BCUT2D eigenvalue weighted by Crippen LogP contribution is 2.15. The molecule has 0 atom stereocenters. The lowest BCUT2D eigenvalue weighted by Gasteiger charge is -2.09. The van der Waals surface area contributed by atoms with Gasteiger partial charge in [-0.2, -0.15) is 0 Å². The fourth-order valence-corrected chi connectivity index (χ4v) is 1.43. The molecule has 0 saturated carbocycles. The van der Waals surface area contributed by atoms with E-state index >= 15 is 0 Å². The lowest BCUT2D eigenvalue weighted by atomic mass is 10.1. The second-order valence-corrected chi connectivity index (χ2v) is 4.06. The van der Waals surface area contributed by atoms with Crippen molar-refractivity contribution in [1.29, 1.82) is 0 Å². The number of hydrogen-bond donors (Lipinski definition) is 2. The molecule has 2 N–H and O–H groups in total. The van der Waals surface area contributed by atoms with Crippen molar-refractivity contribution >= 4 is 11.8 Å². The van der Waals surface area contributed by atoms with Gasteiger partial charge in [0.2, 0.25) is 5.91 Å². The monoisotopic (exact) mass is 250 g/mol. The van der Waals surface area contributed by atoms with Gasteiger partial charge in [0, 0.05) is 6.42 Å². The molecule has 0 saturated heterocycles. The maximum atomic E-state index is 11.4. The minimum Gasteiger partial charge on any atom is -0.484 e. The third-order valence-electron chi connectivity index (χ3n) is 2.23. The van der Waals surface area contributed by atoms with Gasteiger partial charge in [-0.05, 0) is 37.1 Å². The van der Waals surface area contributed by atoms with Crippen LogP contribution in [0.4, 0.5) is 0 Å². The van der Waals surface area contributed by atoms with Crippen LogP contribution < -0.4 is 15.6 Å². The molecule has 0 aliphatic heterocycles. The Morgan fingerprint density at radius 1 is 1.06 bits per heavy atom. The fraction of sp³-hybridized carbons (Fsp3) is 0.385. The molecular weight excluding hydrogens is 232 g/mol. The Morgan fingerprint density at radius 3 is 2.17 bits per heavy atom. The van der Waals surface area contributed by atoms with Crippen LogP contribution >= 0.6 is 0 Å². The lowest BCUT2D eigenvalue weighted by Crippen LogP contribution is -2.43. The van der Waals surface area contributed by atoms with Crippen LogP contribution in [0.25, 0.3) is 0 Å². The molecule has 0 aliphatic rings. The van der Waals surface area contributed by atoms with Crippen LogP contribution in [0.2, 0.25) is 0 Å². The van der Waals surface area contributed by atoms with Crippen molar-refractivity contribution in [3.63, 3.8) is 0 Å². The average Bonchev–Trinajstić information content (AvgIpc) is 2.32. The summed E-state index contributed by atoms with van der Waals surface area (Å²) < 4.78 is 5.33. The molecule has 0 aliphatic carbocycles. The van der Waals surface area contributed by atoms with Crippen LogP contribution in [0.5, 0.6) is 5.75 Å². The number of amides is 2. The summed E-state index contributed by atoms with van der Waals surface area (Å²) in [6, 6.07) is 5.73. The molecule has 2 amide bonds. The molecule has 1 aromatic rings. The lowest BCUT2D eigenvalue weighted by molar-refractivity contribution is -0.129. The number of hydrogen-bond acceptors (Lipinski definition) is 3. The summed E-state index contributed by atoms with van der Waals surface area (Å²) in [5.74, 6) is 0.00942. The smallest absolute Gasteiger partial charge is 0.276 e. The summed E-state index contributed by atoms with van der Waals surface area (Å²) in [4.78, 5) is 22.3. The van der Waals surface area contributed by atoms with Crippen LogP contribution in [0.1, 0.15) is 24.5 Å². The third kappa shape index (κ3) is 4.86. The Kier molecular flexibility index (Phi) is 5.17. The van der Waals surface area contributed by atoms with Gasteiger partial charge in [-0.25, -0.2) is 0 Å². The van der Waals surface area contributed by atoms with Crippen LogP contribution in [-0.4, -0.2) is 18.4 Å². The van der Waals surface area contributed by atoms with Crippen molar-refractivity contribution in [3.8, 4) is 5.75 Å². The summed E-state index contributed by atoms with van der Waals surface area (Å²) in [7, 11) is 0. The van der Waals surface area contributed by atoms with Gasteiger partial charge in [-0.3, -0.25) is 20.4 Å². The van der Waals surface area contributed by atoms with E-state index in [-0.39, 0.29) is 12.5 Å². The van der Waals surface area contributed by atoms with E-state index in [1.807, 2.05) is 32.0 Å². The van der Waals surface area contributed by atoms with E-state index in [1.165, 1.54) is 0 Å². The molecule has 0 bridgehead atoms. The molecule has 1 aromatic carbocycles. The molecular formula is C13H18N2O3. The van der Waals surface area contributed by atoms with Crippen LogP contribution in [0.3, 0.4) is 0 Å². The maximum Gasteiger partial charge on any atom is 0.276 e. The number of carbonyl (C=O) groups is 2. The van der Waals surface area contributed by atoms with Gasteiger partial charge in [0.25, 0.3) is 5.91 Å². The van der Waals surface area contributed by atoms with E-state index in [0.29, 0.717) is 12.2 Å². The molecule has 0 heterocycles. The summed E-state index contributed by atoms with van der Waals surface area (Å²) in [5, 5.41) is 0. The largest absolute Gasteiger partial charge is 0.484 e. The predicted molar refractivity (Wildman–Crippen MR) is 68.0 cm³/mol. The molecule has 5 nitrogen and oxygen atoms in total. The molecule has 1 rings (SSSR count). The molecule has 18 heavy (non-hydrogen) atoms. The van der Waals surface area contributed by atoms with Crippen LogP contribution in [0.15, 0.2) is 18.2 Å². The predicted octanol–water partition coefficient (Wildman–Crippen LogP) is 1.24. The first-order valence-corrected chi connectivity index (χ1v) is 5.80. The first-order chi connectivity index (χ1) is 8.51. The van der Waals surface area contributed by atoms with E-state index in [9.17, 15) is 9.59 Å². The van der Waals surface area contributed by atoms with Gasteiger partial charge in [-0.1, -0.05) is 13.0 Å². The maximum absolute atomic E-state index is 11.4. The topological polar surface area (TPSA) is 67.4 Å².